The van der Waals surface area contributed by atoms with Gasteiger partial charge in [0.25, 0.3) is 0 Å². The van der Waals surface area contributed by atoms with Gasteiger partial charge >= 0.3 is 0 Å². The SMILES string of the molecule is c1ccc(-c2nc(-c3cccc(-c4nc(-c5ccccc5)nc5oc6ccccc6c45)c3)c3c(n2)oc2ccccc23)cc1. The highest BCUT2D eigenvalue weighted by molar-refractivity contribution is 6.12. The van der Waals surface area contributed by atoms with Crippen molar-refractivity contribution in [3.05, 3.63) is 133 Å². The summed E-state index contributed by atoms with van der Waals surface area (Å²) in [6.07, 6.45) is 0. The number of fused-ring (bicyclic) bond motifs is 6. The van der Waals surface area contributed by atoms with Gasteiger partial charge in [-0.05, 0) is 18.2 Å². The summed E-state index contributed by atoms with van der Waals surface area (Å²) >= 11 is 0. The van der Waals surface area contributed by atoms with Crippen LogP contribution in [0.25, 0.3) is 89.4 Å². The van der Waals surface area contributed by atoms with E-state index in [4.69, 9.17) is 28.8 Å². The summed E-state index contributed by atoms with van der Waals surface area (Å²) in [5, 5.41) is 3.70. The van der Waals surface area contributed by atoms with Gasteiger partial charge in [0.15, 0.2) is 11.6 Å². The van der Waals surface area contributed by atoms with Gasteiger partial charge in [-0.3, -0.25) is 0 Å². The number of benzene rings is 5. The van der Waals surface area contributed by atoms with Crippen molar-refractivity contribution in [2.75, 3.05) is 0 Å². The molecular formula is C38H22N4O2. The average molecular weight is 567 g/mol. The Kier molecular flexibility index (Phi) is 5.40. The number of furan rings is 2. The summed E-state index contributed by atoms with van der Waals surface area (Å²) in [4.78, 5) is 20.0. The predicted octanol–water partition coefficient (Wildman–Crippen LogP) is 9.73. The van der Waals surface area contributed by atoms with Crippen LogP contribution in [0.2, 0.25) is 0 Å². The lowest BCUT2D eigenvalue weighted by Gasteiger charge is -2.10. The van der Waals surface area contributed by atoms with Gasteiger partial charge in [-0.2, -0.15) is 9.97 Å². The maximum Gasteiger partial charge on any atom is 0.231 e. The second-order valence-corrected chi connectivity index (χ2v) is 10.7. The van der Waals surface area contributed by atoms with Gasteiger partial charge in [0.2, 0.25) is 11.4 Å². The zero-order valence-electron chi connectivity index (χ0n) is 23.3. The van der Waals surface area contributed by atoms with Crippen LogP contribution in [-0.2, 0) is 0 Å². The van der Waals surface area contributed by atoms with E-state index in [0.717, 1.165) is 66.4 Å². The number of aromatic nitrogens is 4. The molecule has 44 heavy (non-hydrogen) atoms. The smallest absolute Gasteiger partial charge is 0.231 e. The van der Waals surface area contributed by atoms with E-state index in [9.17, 15) is 0 Å². The topological polar surface area (TPSA) is 77.8 Å². The van der Waals surface area contributed by atoms with Gasteiger partial charge in [0.05, 0.1) is 22.2 Å². The lowest BCUT2D eigenvalue weighted by atomic mass is 10.00. The van der Waals surface area contributed by atoms with Crippen molar-refractivity contribution in [2.45, 2.75) is 0 Å². The van der Waals surface area contributed by atoms with Crippen LogP contribution in [0.1, 0.15) is 0 Å². The molecule has 0 atom stereocenters. The fourth-order valence-electron chi connectivity index (χ4n) is 5.91. The molecule has 4 aromatic heterocycles. The molecule has 206 valence electrons. The number of para-hydroxylation sites is 2. The van der Waals surface area contributed by atoms with Crippen LogP contribution < -0.4 is 0 Å². The summed E-state index contributed by atoms with van der Waals surface area (Å²) in [6.45, 7) is 0. The molecule has 9 aromatic rings. The number of hydrogen-bond acceptors (Lipinski definition) is 6. The third kappa shape index (κ3) is 3.89. The van der Waals surface area contributed by atoms with E-state index in [1.807, 2.05) is 103 Å². The molecule has 6 heteroatoms. The normalized spacial score (nSPS) is 11.6. The lowest BCUT2D eigenvalue weighted by Crippen LogP contribution is -1.96. The van der Waals surface area contributed by atoms with Crippen molar-refractivity contribution in [1.29, 1.82) is 0 Å². The number of hydrogen-bond donors (Lipinski definition) is 0. The van der Waals surface area contributed by atoms with E-state index in [-0.39, 0.29) is 0 Å². The van der Waals surface area contributed by atoms with E-state index in [1.54, 1.807) is 0 Å². The molecular weight excluding hydrogens is 544 g/mol. The molecule has 0 saturated carbocycles. The van der Waals surface area contributed by atoms with Crippen molar-refractivity contribution in [3.8, 4) is 45.3 Å². The van der Waals surface area contributed by atoms with Crippen LogP contribution in [0.3, 0.4) is 0 Å². The average Bonchev–Trinajstić information content (AvgIpc) is 3.66. The molecule has 0 aliphatic heterocycles. The summed E-state index contributed by atoms with van der Waals surface area (Å²) in [5.74, 6) is 1.21. The molecule has 0 saturated heterocycles. The molecule has 5 aromatic carbocycles. The maximum atomic E-state index is 6.27. The standard InChI is InChI=1S/C38H22N4O2/c1-3-12-23(13-4-1)35-39-33(31-27-18-7-9-20-29(27)43-37(31)41-35)25-16-11-17-26(22-25)34-32-28-19-8-10-21-30(28)44-38(32)42-36(40-34)24-14-5-2-6-15-24/h1-22H. The number of rotatable bonds is 4. The zero-order valence-corrected chi connectivity index (χ0v) is 23.3. The van der Waals surface area contributed by atoms with Crippen molar-refractivity contribution in [1.82, 2.24) is 19.9 Å². The van der Waals surface area contributed by atoms with Gasteiger partial charge in [0.1, 0.15) is 11.2 Å². The number of nitrogens with zero attached hydrogens (tertiary/aromatic N) is 4. The lowest BCUT2D eigenvalue weighted by molar-refractivity contribution is 0.653. The summed E-state index contributed by atoms with van der Waals surface area (Å²) in [7, 11) is 0. The van der Waals surface area contributed by atoms with Crippen LogP contribution in [0.4, 0.5) is 0 Å². The predicted molar refractivity (Wildman–Crippen MR) is 174 cm³/mol. The Balaban J connectivity index is 1.32. The minimum Gasteiger partial charge on any atom is -0.438 e. The summed E-state index contributed by atoms with van der Waals surface area (Å²) in [5.41, 5.74) is 7.94. The molecule has 0 aliphatic carbocycles. The molecule has 6 nitrogen and oxygen atoms in total. The fraction of sp³-hybridized carbons (Fsp3) is 0. The Morgan fingerprint density at radius 2 is 0.773 bits per heavy atom. The largest absolute Gasteiger partial charge is 0.438 e. The highest BCUT2D eigenvalue weighted by atomic mass is 16.3. The first kappa shape index (κ1) is 24.5. The van der Waals surface area contributed by atoms with Crippen molar-refractivity contribution < 1.29 is 8.83 Å². The molecule has 0 unspecified atom stereocenters. The molecule has 0 amide bonds. The first-order chi connectivity index (χ1) is 21.8. The van der Waals surface area contributed by atoms with E-state index in [1.165, 1.54) is 0 Å². The van der Waals surface area contributed by atoms with E-state index in [2.05, 4.69) is 30.3 Å². The highest BCUT2D eigenvalue weighted by Gasteiger charge is 2.21. The molecule has 0 bridgehead atoms. The van der Waals surface area contributed by atoms with Crippen LogP contribution in [0, 0.1) is 0 Å². The third-order valence-corrected chi connectivity index (χ3v) is 7.95. The van der Waals surface area contributed by atoms with Crippen LogP contribution in [0.5, 0.6) is 0 Å². The Labute approximate surface area is 251 Å². The molecule has 4 heterocycles. The minimum absolute atomic E-state index is 0.553. The van der Waals surface area contributed by atoms with Gasteiger partial charge in [-0.25, -0.2) is 9.97 Å². The molecule has 0 aliphatic rings. The quantitative estimate of drug-likeness (QED) is 0.211. The highest BCUT2D eigenvalue weighted by Crippen LogP contribution is 2.40. The second-order valence-electron chi connectivity index (χ2n) is 10.7. The van der Waals surface area contributed by atoms with E-state index >= 15 is 0 Å². The van der Waals surface area contributed by atoms with Crippen LogP contribution in [0.15, 0.2) is 142 Å². The van der Waals surface area contributed by atoms with Gasteiger partial charge < -0.3 is 8.83 Å². The van der Waals surface area contributed by atoms with E-state index < -0.39 is 0 Å². The Morgan fingerprint density at radius 3 is 1.25 bits per heavy atom. The molecule has 0 radical (unpaired) electrons. The third-order valence-electron chi connectivity index (χ3n) is 7.95. The van der Waals surface area contributed by atoms with Crippen LogP contribution >= 0.6 is 0 Å². The first-order valence-corrected chi connectivity index (χ1v) is 14.4. The zero-order chi connectivity index (χ0) is 29.0. The molecule has 0 fully saturated rings. The Morgan fingerprint density at radius 1 is 0.364 bits per heavy atom. The van der Waals surface area contributed by atoms with Crippen LogP contribution in [-0.4, -0.2) is 19.9 Å². The summed E-state index contributed by atoms with van der Waals surface area (Å²) < 4.78 is 12.5. The van der Waals surface area contributed by atoms with Gasteiger partial charge in [0, 0.05) is 33.0 Å². The monoisotopic (exact) mass is 566 g/mol. The Bertz CT molecular complexity index is 2330. The summed E-state index contributed by atoms with van der Waals surface area (Å²) in [6, 6.07) is 44.3. The molecule has 0 N–H and O–H groups in total. The van der Waals surface area contributed by atoms with Gasteiger partial charge in [-0.15, -0.1) is 0 Å². The maximum absolute atomic E-state index is 6.27. The first-order valence-electron chi connectivity index (χ1n) is 14.4. The minimum atomic E-state index is 0.553. The molecule has 0 spiro atoms. The second kappa shape index (κ2) is 9.71. The van der Waals surface area contributed by atoms with E-state index in [0.29, 0.717) is 23.1 Å². The molecule has 9 rings (SSSR count). The Hall–Kier alpha value is -6.14. The van der Waals surface area contributed by atoms with Gasteiger partial charge in [-0.1, -0.05) is 115 Å². The van der Waals surface area contributed by atoms with Crippen molar-refractivity contribution in [2.24, 2.45) is 0 Å². The fourth-order valence-corrected chi connectivity index (χ4v) is 5.91. The van der Waals surface area contributed by atoms with Crippen molar-refractivity contribution >= 4 is 44.1 Å². The van der Waals surface area contributed by atoms with Crippen molar-refractivity contribution in [3.63, 3.8) is 0 Å².